The van der Waals surface area contributed by atoms with E-state index < -0.39 is 0 Å². The summed E-state index contributed by atoms with van der Waals surface area (Å²) in [4.78, 5) is 16.8. The fourth-order valence-electron chi connectivity index (χ4n) is 3.40. The summed E-state index contributed by atoms with van der Waals surface area (Å²) < 4.78 is 0. The molecule has 0 saturated carbocycles. The standard InChI is InChI=1S/C15H29N3O/c1-2-6-14(16)15(19)18-11-7-13(8-12-18)17-9-4-3-5-10-17/h13-14H,2-12,16H2,1H3/t14-/m1/s1. The van der Waals surface area contributed by atoms with Gasteiger partial charge in [0.1, 0.15) is 0 Å². The SMILES string of the molecule is CCC[C@@H](N)C(=O)N1CCC(N2CCCCC2)CC1. The molecular weight excluding hydrogens is 238 g/mol. The molecule has 0 aliphatic carbocycles. The smallest absolute Gasteiger partial charge is 0.239 e. The second-order valence-electron chi connectivity index (χ2n) is 6.05. The van der Waals surface area contributed by atoms with Gasteiger partial charge in [0.05, 0.1) is 6.04 Å². The van der Waals surface area contributed by atoms with Gasteiger partial charge in [-0.2, -0.15) is 0 Å². The van der Waals surface area contributed by atoms with E-state index in [0.29, 0.717) is 6.04 Å². The minimum atomic E-state index is -0.281. The van der Waals surface area contributed by atoms with E-state index in [9.17, 15) is 4.79 Å². The Morgan fingerprint density at radius 2 is 1.79 bits per heavy atom. The fourth-order valence-corrected chi connectivity index (χ4v) is 3.40. The van der Waals surface area contributed by atoms with Gasteiger partial charge < -0.3 is 15.5 Å². The molecule has 1 amide bonds. The molecule has 1 atom stereocenters. The zero-order chi connectivity index (χ0) is 13.7. The van der Waals surface area contributed by atoms with Crippen LogP contribution in [0.2, 0.25) is 0 Å². The van der Waals surface area contributed by atoms with Crippen molar-refractivity contribution in [2.45, 2.75) is 64.0 Å². The van der Waals surface area contributed by atoms with Gasteiger partial charge >= 0.3 is 0 Å². The van der Waals surface area contributed by atoms with E-state index in [2.05, 4.69) is 11.8 Å². The molecule has 0 bridgehead atoms. The Labute approximate surface area is 117 Å². The highest BCUT2D eigenvalue weighted by atomic mass is 16.2. The summed E-state index contributed by atoms with van der Waals surface area (Å²) in [5, 5.41) is 0. The lowest BCUT2D eigenvalue weighted by Crippen LogP contribution is -2.51. The quantitative estimate of drug-likeness (QED) is 0.841. The summed E-state index contributed by atoms with van der Waals surface area (Å²) in [7, 11) is 0. The predicted molar refractivity (Wildman–Crippen MR) is 77.9 cm³/mol. The van der Waals surface area contributed by atoms with Crippen molar-refractivity contribution < 1.29 is 4.79 Å². The van der Waals surface area contributed by atoms with E-state index >= 15 is 0 Å². The van der Waals surface area contributed by atoms with Crippen LogP contribution in [0.25, 0.3) is 0 Å². The maximum Gasteiger partial charge on any atom is 0.239 e. The van der Waals surface area contributed by atoms with Crippen LogP contribution in [0.5, 0.6) is 0 Å². The van der Waals surface area contributed by atoms with Crippen molar-refractivity contribution in [3.63, 3.8) is 0 Å². The highest BCUT2D eigenvalue weighted by molar-refractivity contribution is 5.81. The van der Waals surface area contributed by atoms with E-state index in [1.54, 1.807) is 0 Å². The molecule has 0 radical (unpaired) electrons. The number of rotatable bonds is 4. The van der Waals surface area contributed by atoms with Crippen molar-refractivity contribution in [3.05, 3.63) is 0 Å². The molecule has 2 saturated heterocycles. The monoisotopic (exact) mass is 267 g/mol. The van der Waals surface area contributed by atoms with Crippen LogP contribution < -0.4 is 5.73 Å². The molecule has 0 aromatic heterocycles. The van der Waals surface area contributed by atoms with Gasteiger partial charge in [0, 0.05) is 19.1 Å². The van der Waals surface area contributed by atoms with Crippen LogP contribution in [-0.4, -0.2) is 54.0 Å². The number of carbonyl (C=O) groups is 1. The van der Waals surface area contributed by atoms with Gasteiger partial charge in [-0.25, -0.2) is 0 Å². The van der Waals surface area contributed by atoms with E-state index in [1.165, 1.54) is 32.4 Å². The number of carbonyl (C=O) groups excluding carboxylic acids is 1. The molecule has 19 heavy (non-hydrogen) atoms. The molecule has 110 valence electrons. The third-order valence-corrected chi connectivity index (χ3v) is 4.60. The van der Waals surface area contributed by atoms with Crippen molar-refractivity contribution >= 4 is 5.91 Å². The molecule has 4 heteroatoms. The maximum absolute atomic E-state index is 12.2. The Morgan fingerprint density at radius 1 is 1.16 bits per heavy atom. The van der Waals surface area contributed by atoms with E-state index in [4.69, 9.17) is 5.73 Å². The average molecular weight is 267 g/mol. The third kappa shape index (κ3) is 3.93. The molecule has 0 aromatic rings. The second-order valence-corrected chi connectivity index (χ2v) is 6.05. The number of nitrogens with two attached hydrogens (primary N) is 1. The van der Waals surface area contributed by atoms with E-state index in [1.807, 2.05) is 4.90 Å². The number of likely N-dealkylation sites (tertiary alicyclic amines) is 2. The summed E-state index contributed by atoms with van der Waals surface area (Å²) in [5.74, 6) is 0.166. The Morgan fingerprint density at radius 3 is 2.37 bits per heavy atom. The number of hydrogen-bond acceptors (Lipinski definition) is 3. The van der Waals surface area contributed by atoms with Crippen LogP contribution in [0.15, 0.2) is 0 Å². The third-order valence-electron chi connectivity index (χ3n) is 4.60. The Kier molecular flexibility index (Phi) is 5.64. The highest BCUT2D eigenvalue weighted by Gasteiger charge is 2.29. The molecule has 0 aromatic carbocycles. The van der Waals surface area contributed by atoms with Crippen LogP contribution >= 0.6 is 0 Å². The zero-order valence-electron chi connectivity index (χ0n) is 12.3. The van der Waals surface area contributed by atoms with Gasteiger partial charge in [-0.05, 0) is 45.2 Å². The lowest BCUT2D eigenvalue weighted by atomic mass is 9.99. The summed E-state index contributed by atoms with van der Waals surface area (Å²) in [6.45, 7) is 6.40. The van der Waals surface area contributed by atoms with Gasteiger partial charge in [0.2, 0.25) is 5.91 Å². The van der Waals surface area contributed by atoms with Crippen LogP contribution in [0.1, 0.15) is 51.9 Å². The molecule has 2 rings (SSSR count). The average Bonchev–Trinajstić information content (AvgIpc) is 2.48. The summed E-state index contributed by atoms with van der Waals surface area (Å²) >= 11 is 0. The van der Waals surface area contributed by atoms with Crippen LogP contribution in [0.3, 0.4) is 0 Å². The molecule has 2 aliphatic rings. The summed E-state index contributed by atoms with van der Waals surface area (Å²) in [6, 6.07) is 0.420. The normalized spacial score (nSPS) is 24.4. The lowest BCUT2D eigenvalue weighted by molar-refractivity contribution is -0.134. The Hall–Kier alpha value is -0.610. The topological polar surface area (TPSA) is 49.6 Å². The van der Waals surface area contributed by atoms with Crippen molar-refractivity contribution in [2.24, 2.45) is 5.73 Å². The van der Waals surface area contributed by atoms with Gasteiger partial charge in [-0.3, -0.25) is 4.79 Å². The predicted octanol–water partition coefficient (Wildman–Crippen LogP) is 1.59. The summed E-state index contributed by atoms with van der Waals surface area (Å²) in [5.41, 5.74) is 5.93. The Balaban J connectivity index is 1.76. The van der Waals surface area contributed by atoms with Gasteiger partial charge in [0.25, 0.3) is 0 Å². The molecule has 2 heterocycles. The van der Waals surface area contributed by atoms with Crippen molar-refractivity contribution in [1.29, 1.82) is 0 Å². The number of piperidine rings is 2. The van der Waals surface area contributed by atoms with Crippen LogP contribution in [0, 0.1) is 0 Å². The molecule has 2 N–H and O–H groups in total. The molecule has 4 nitrogen and oxygen atoms in total. The minimum absolute atomic E-state index is 0.166. The van der Waals surface area contributed by atoms with Crippen molar-refractivity contribution in [1.82, 2.24) is 9.80 Å². The maximum atomic E-state index is 12.2. The molecule has 2 aliphatic heterocycles. The zero-order valence-corrected chi connectivity index (χ0v) is 12.3. The van der Waals surface area contributed by atoms with Crippen molar-refractivity contribution in [3.8, 4) is 0 Å². The highest BCUT2D eigenvalue weighted by Crippen LogP contribution is 2.21. The van der Waals surface area contributed by atoms with Gasteiger partial charge in [-0.15, -0.1) is 0 Å². The number of hydrogen-bond donors (Lipinski definition) is 1. The van der Waals surface area contributed by atoms with Gasteiger partial charge in [0.15, 0.2) is 0 Å². The molecule has 2 fully saturated rings. The van der Waals surface area contributed by atoms with E-state index in [0.717, 1.165) is 38.8 Å². The van der Waals surface area contributed by atoms with Crippen LogP contribution in [0.4, 0.5) is 0 Å². The molecule has 0 spiro atoms. The van der Waals surface area contributed by atoms with Crippen molar-refractivity contribution in [2.75, 3.05) is 26.2 Å². The second kappa shape index (κ2) is 7.25. The number of amides is 1. The summed E-state index contributed by atoms with van der Waals surface area (Å²) in [6.07, 6.45) is 8.14. The first kappa shape index (κ1) is 14.8. The fraction of sp³-hybridized carbons (Fsp3) is 0.933. The minimum Gasteiger partial charge on any atom is -0.341 e. The first-order valence-corrected chi connectivity index (χ1v) is 8.00. The first-order chi connectivity index (χ1) is 9.22. The van der Waals surface area contributed by atoms with Crippen LogP contribution in [-0.2, 0) is 4.79 Å². The lowest BCUT2D eigenvalue weighted by Gasteiger charge is -2.40. The number of nitrogens with zero attached hydrogens (tertiary/aromatic N) is 2. The largest absolute Gasteiger partial charge is 0.341 e. The van der Waals surface area contributed by atoms with E-state index in [-0.39, 0.29) is 11.9 Å². The first-order valence-electron chi connectivity index (χ1n) is 8.00. The molecule has 0 unspecified atom stereocenters. The van der Waals surface area contributed by atoms with Gasteiger partial charge in [-0.1, -0.05) is 19.8 Å². The molecular formula is C15H29N3O. The Bertz CT molecular complexity index is 281.